The average molecular weight is 287 g/mol. The minimum absolute atomic E-state index is 0.0742. The lowest BCUT2D eigenvalue weighted by Gasteiger charge is -2.39. The average Bonchev–Trinajstić information content (AvgIpc) is 2.94. The summed E-state index contributed by atoms with van der Waals surface area (Å²) in [6.07, 6.45) is 6.84. The van der Waals surface area contributed by atoms with Crippen LogP contribution in [0.25, 0.3) is 0 Å². The van der Waals surface area contributed by atoms with Crippen LogP contribution in [0.2, 0.25) is 0 Å². The van der Waals surface area contributed by atoms with E-state index in [2.05, 4.69) is 37.8 Å². The molecule has 0 radical (unpaired) electrons. The molecule has 116 valence electrons. The van der Waals surface area contributed by atoms with Crippen LogP contribution in [0.15, 0.2) is 12.1 Å². The molecule has 0 spiro atoms. The molecule has 2 aliphatic rings. The van der Waals surface area contributed by atoms with Crippen molar-refractivity contribution in [3.63, 3.8) is 0 Å². The lowest BCUT2D eigenvalue weighted by atomic mass is 9.90. The van der Waals surface area contributed by atoms with E-state index < -0.39 is 0 Å². The zero-order chi connectivity index (χ0) is 15.0. The molecule has 0 bridgehead atoms. The van der Waals surface area contributed by atoms with Crippen LogP contribution in [0.1, 0.15) is 64.1 Å². The molecule has 3 nitrogen and oxygen atoms in total. The lowest BCUT2D eigenvalue weighted by molar-refractivity contribution is 0.360. The lowest BCUT2D eigenvalue weighted by Crippen LogP contribution is -2.43. The minimum Gasteiger partial charge on any atom is -0.353 e. The maximum absolute atomic E-state index is 5.92. The largest absolute Gasteiger partial charge is 0.353 e. The van der Waals surface area contributed by atoms with Crippen LogP contribution in [-0.4, -0.2) is 17.6 Å². The number of nitrogens with zero attached hydrogens (tertiary/aromatic N) is 2. The predicted octanol–water partition coefficient (Wildman–Crippen LogP) is 3.61. The highest BCUT2D eigenvalue weighted by Crippen LogP contribution is 2.39. The van der Waals surface area contributed by atoms with Crippen molar-refractivity contribution in [1.29, 1.82) is 0 Å². The standard InChI is InChI=1S/C18H29N3/c1-18(2,3)16-10-13(12-19)11-17(20-16)21-9-5-7-14-6-4-8-15(14)21/h10-11,14-15H,4-9,12,19H2,1-3H3. The molecule has 1 aliphatic heterocycles. The normalized spacial score (nSPS) is 26.0. The van der Waals surface area contributed by atoms with Gasteiger partial charge in [-0.05, 0) is 49.3 Å². The zero-order valence-electron chi connectivity index (χ0n) is 13.7. The highest BCUT2D eigenvalue weighted by molar-refractivity contribution is 5.46. The number of fused-ring (bicyclic) bond motifs is 1. The molecule has 2 atom stereocenters. The van der Waals surface area contributed by atoms with E-state index in [9.17, 15) is 0 Å². The Morgan fingerprint density at radius 1 is 1.19 bits per heavy atom. The topological polar surface area (TPSA) is 42.1 Å². The second-order valence-electron chi connectivity index (χ2n) is 7.77. The highest BCUT2D eigenvalue weighted by atomic mass is 15.2. The highest BCUT2D eigenvalue weighted by Gasteiger charge is 2.36. The fourth-order valence-electron chi connectivity index (χ4n) is 3.96. The Labute approximate surface area is 128 Å². The van der Waals surface area contributed by atoms with Gasteiger partial charge in [0.1, 0.15) is 5.82 Å². The van der Waals surface area contributed by atoms with Crippen molar-refractivity contribution in [2.45, 2.75) is 70.9 Å². The summed E-state index contributed by atoms with van der Waals surface area (Å²) in [5.41, 5.74) is 8.38. The number of anilines is 1. The first-order valence-electron chi connectivity index (χ1n) is 8.47. The van der Waals surface area contributed by atoms with Gasteiger partial charge < -0.3 is 10.6 Å². The molecule has 0 amide bonds. The molecule has 3 rings (SSSR count). The molecule has 2 fully saturated rings. The van der Waals surface area contributed by atoms with E-state index in [1.165, 1.54) is 49.2 Å². The summed E-state index contributed by atoms with van der Waals surface area (Å²) < 4.78 is 0. The van der Waals surface area contributed by atoms with E-state index in [-0.39, 0.29) is 5.41 Å². The summed E-state index contributed by atoms with van der Waals surface area (Å²) in [7, 11) is 0. The summed E-state index contributed by atoms with van der Waals surface area (Å²) in [6.45, 7) is 8.45. The van der Waals surface area contributed by atoms with Crippen LogP contribution in [0.3, 0.4) is 0 Å². The zero-order valence-corrected chi connectivity index (χ0v) is 13.7. The Morgan fingerprint density at radius 3 is 2.67 bits per heavy atom. The molecule has 1 saturated carbocycles. The van der Waals surface area contributed by atoms with E-state index >= 15 is 0 Å². The molecule has 3 heteroatoms. The number of aromatic nitrogens is 1. The van der Waals surface area contributed by atoms with Crippen molar-refractivity contribution in [2.75, 3.05) is 11.4 Å². The number of nitrogens with two attached hydrogens (primary N) is 1. The van der Waals surface area contributed by atoms with E-state index in [4.69, 9.17) is 10.7 Å². The number of hydrogen-bond acceptors (Lipinski definition) is 3. The first-order valence-corrected chi connectivity index (χ1v) is 8.47. The molecular weight excluding hydrogens is 258 g/mol. The van der Waals surface area contributed by atoms with Crippen molar-refractivity contribution in [3.05, 3.63) is 23.4 Å². The van der Waals surface area contributed by atoms with Gasteiger partial charge in [-0.3, -0.25) is 0 Å². The minimum atomic E-state index is 0.0742. The quantitative estimate of drug-likeness (QED) is 0.903. The van der Waals surface area contributed by atoms with Gasteiger partial charge in [-0.1, -0.05) is 27.2 Å². The van der Waals surface area contributed by atoms with Gasteiger partial charge in [0, 0.05) is 30.2 Å². The van der Waals surface area contributed by atoms with Gasteiger partial charge >= 0.3 is 0 Å². The predicted molar refractivity (Wildman–Crippen MR) is 88.5 cm³/mol. The van der Waals surface area contributed by atoms with Crippen molar-refractivity contribution in [3.8, 4) is 0 Å². The Kier molecular flexibility index (Phi) is 3.96. The maximum atomic E-state index is 5.92. The van der Waals surface area contributed by atoms with Crippen molar-refractivity contribution >= 4 is 5.82 Å². The Balaban J connectivity index is 1.97. The van der Waals surface area contributed by atoms with Gasteiger partial charge in [0.25, 0.3) is 0 Å². The number of hydrogen-bond donors (Lipinski definition) is 1. The molecule has 1 aliphatic carbocycles. The van der Waals surface area contributed by atoms with Crippen molar-refractivity contribution in [1.82, 2.24) is 4.98 Å². The van der Waals surface area contributed by atoms with E-state index in [1.54, 1.807) is 0 Å². The molecule has 2 N–H and O–H groups in total. The monoisotopic (exact) mass is 287 g/mol. The van der Waals surface area contributed by atoms with Crippen LogP contribution in [0.5, 0.6) is 0 Å². The van der Waals surface area contributed by atoms with Gasteiger partial charge in [0.15, 0.2) is 0 Å². The van der Waals surface area contributed by atoms with Crippen LogP contribution in [0, 0.1) is 5.92 Å². The third-order valence-electron chi connectivity index (χ3n) is 5.16. The van der Waals surface area contributed by atoms with Crippen LogP contribution in [-0.2, 0) is 12.0 Å². The van der Waals surface area contributed by atoms with E-state index in [0.29, 0.717) is 12.6 Å². The molecule has 1 aromatic heterocycles. The number of piperidine rings is 1. The molecule has 2 unspecified atom stereocenters. The Morgan fingerprint density at radius 2 is 1.95 bits per heavy atom. The fraction of sp³-hybridized carbons (Fsp3) is 0.722. The van der Waals surface area contributed by atoms with Gasteiger partial charge in [-0.25, -0.2) is 4.98 Å². The second kappa shape index (κ2) is 5.60. The van der Waals surface area contributed by atoms with Crippen molar-refractivity contribution < 1.29 is 0 Å². The van der Waals surface area contributed by atoms with Crippen LogP contribution < -0.4 is 10.6 Å². The van der Waals surface area contributed by atoms with Gasteiger partial charge in [-0.15, -0.1) is 0 Å². The molecular formula is C18H29N3. The number of pyridine rings is 1. The first-order chi connectivity index (χ1) is 9.99. The summed E-state index contributed by atoms with van der Waals surface area (Å²) >= 11 is 0. The van der Waals surface area contributed by atoms with Crippen molar-refractivity contribution in [2.24, 2.45) is 11.7 Å². The molecule has 21 heavy (non-hydrogen) atoms. The summed E-state index contributed by atoms with van der Waals surface area (Å²) in [5.74, 6) is 2.06. The fourth-order valence-corrected chi connectivity index (χ4v) is 3.96. The van der Waals surface area contributed by atoms with Gasteiger partial charge in [-0.2, -0.15) is 0 Å². The SMILES string of the molecule is CC(C)(C)c1cc(CN)cc(N2CCCC3CCCC32)n1. The molecule has 1 saturated heterocycles. The van der Waals surface area contributed by atoms with E-state index in [1.807, 2.05) is 0 Å². The Hall–Kier alpha value is -1.09. The summed E-state index contributed by atoms with van der Waals surface area (Å²) in [5, 5.41) is 0. The summed E-state index contributed by atoms with van der Waals surface area (Å²) in [6, 6.07) is 5.11. The first kappa shape index (κ1) is 14.8. The van der Waals surface area contributed by atoms with Gasteiger partial charge in [0.2, 0.25) is 0 Å². The van der Waals surface area contributed by atoms with E-state index in [0.717, 1.165) is 12.5 Å². The smallest absolute Gasteiger partial charge is 0.129 e. The molecule has 2 heterocycles. The second-order valence-corrected chi connectivity index (χ2v) is 7.77. The molecule has 1 aromatic rings. The number of rotatable bonds is 2. The Bertz CT molecular complexity index is 504. The summed E-state index contributed by atoms with van der Waals surface area (Å²) in [4.78, 5) is 7.59. The van der Waals surface area contributed by atoms with Crippen LogP contribution >= 0.6 is 0 Å². The third kappa shape index (κ3) is 2.94. The third-order valence-corrected chi connectivity index (χ3v) is 5.16. The van der Waals surface area contributed by atoms with Gasteiger partial charge in [0.05, 0.1) is 0 Å². The molecule has 0 aromatic carbocycles. The maximum Gasteiger partial charge on any atom is 0.129 e. The van der Waals surface area contributed by atoms with Crippen LogP contribution in [0.4, 0.5) is 5.82 Å².